The van der Waals surface area contributed by atoms with Gasteiger partial charge in [0, 0.05) is 9.35 Å². The van der Waals surface area contributed by atoms with Gasteiger partial charge < -0.3 is 4.74 Å². The van der Waals surface area contributed by atoms with Gasteiger partial charge >= 0.3 is 0 Å². The Morgan fingerprint density at radius 1 is 1.29 bits per heavy atom. The number of hydrogen-bond acceptors (Lipinski definition) is 2. The molecule has 0 aliphatic rings. The van der Waals surface area contributed by atoms with Crippen LogP contribution in [0.4, 0.5) is 0 Å². The van der Waals surface area contributed by atoms with Crippen molar-refractivity contribution in [1.82, 2.24) is 0 Å². The van der Waals surface area contributed by atoms with Gasteiger partial charge in [-0.05, 0) is 52.0 Å². The Morgan fingerprint density at radius 3 is 2.53 bits per heavy atom. The van der Waals surface area contributed by atoms with Crippen LogP contribution in [-0.4, -0.2) is 6.61 Å². The van der Waals surface area contributed by atoms with E-state index >= 15 is 0 Å². The summed E-state index contributed by atoms with van der Waals surface area (Å²) in [5, 5.41) is 1.92. The van der Waals surface area contributed by atoms with Crippen molar-refractivity contribution < 1.29 is 4.74 Å². The Hall–Kier alpha value is -0.510. The molecule has 0 N–H and O–H groups in total. The topological polar surface area (TPSA) is 9.23 Å². The third kappa shape index (κ3) is 3.03. The second kappa shape index (κ2) is 5.89. The summed E-state index contributed by atoms with van der Waals surface area (Å²) in [5.74, 6) is 0.880. The zero-order valence-electron chi connectivity index (χ0n) is 9.32. The highest BCUT2D eigenvalue weighted by Crippen LogP contribution is 2.37. The minimum atomic E-state index is -0.111. The van der Waals surface area contributed by atoms with Crippen molar-refractivity contribution in [3.63, 3.8) is 0 Å². The van der Waals surface area contributed by atoms with Crippen LogP contribution < -0.4 is 4.74 Å². The minimum absolute atomic E-state index is 0.111. The summed E-state index contributed by atoms with van der Waals surface area (Å²) in [5.41, 5.74) is 1.08. The second-order valence-corrected chi connectivity index (χ2v) is 5.74. The van der Waals surface area contributed by atoms with E-state index < -0.39 is 0 Å². The quantitative estimate of drug-likeness (QED) is 0.696. The van der Waals surface area contributed by atoms with Gasteiger partial charge in [0.05, 0.1) is 12.0 Å². The smallest absolute Gasteiger partial charge is 0.119 e. The maximum absolute atomic E-state index is 6.45. The molecule has 17 heavy (non-hydrogen) atoms. The molecule has 0 spiro atoms. The molecule has 0 amide bonds. The van der Waals surface area contributed by atoms with Crippen LogP contribution in [0.2, 0.25) is 0 Å². The van der Waals surface area contributed by atoms with E-state index in [9.17, 15) is 0 Å². The van der Waals surface area contributed by atoms with Crippen molar-refractivity contribution in [1.29, 1.82) is 0 Å². The summed E-state index contributed by atoms with van der Waals surface area (Å²) < 4.78 is 6.47. The number of alkyl halides is 1. The van der Waals surface area contributed by atoms with Crippen LogP contribution in [0.1, 0.15) is 22.7 Å². The monoisotopic (exact) mass is 330 g/mol. The lowest BCUT2D eigenvalue weighted by atomic mass is 10.1. The molecule has 4 heteroatoms. The molecular weight excluding hydrogens is 320 g/mol. The van der Waals surface area contributed by atoms with Gasteiger partial charge in [-0.1, -0.05) is 12.1 Å². The predicted molar refractivity (Wildman–Crippen MR) is 77.3 cm³/mol. The highest BCUT2D eigenvalue weighted by molar-refractivity contribution is 9.10. The third-order valence-corrected chi connectivity index (χ3v) is 4.89. The van der Waals surface area contributed by atoms with Crippen molar-refractivity contribution in [2.24, 2.45) is 0 Å². The molecule has 1 aromatic heterocycles. The Kier molecular flexibility index (Phi) is 4.48. The number of rotatable bonds is 4. The first kappa shape index (κ1) is 12.9. The molecule has 2 rings (SSSR count). The van der Waals surface area contributed by atoms with E-state index in [1.807, 2.05) is 42.6 Å². The molecule has 1 atom stereocenters. The molecule has 0 aliphatic heterocycles. The van der Waals surface area contributed by atoms with Crippen LogP contribution >= 0.6 is 38.9 Å². The van der Waals surface area contributed by atoms with E-state index in [0.29, 0.717) is 6.61 Å². The number of benzene rings is 1. The van der Waals surface area contributed by atoms with Gasteiger partial charge in [0.1, 0.15) is 5.75 Å². The van der Waals surface area contributed by atoms with Crippen molar-refractivity contribution in [3.8, 4) is 5.75 Å². The number of halogens is 2. The normalized spacial score (nSPS) is 12.4. The van der Waals surface area contributed by atoms with Crippen LogP contribution in [0.25, 0.3) is 0 Å². The fourth-order valence-electron chi connectivity index (χ4n) is 1.54. The van der Waals surface area contributed by atoms with Gasteiger partial charge in [-0.25, -0.2) is 0 Å². The maximum Gasteiger partial charge on any atom is 0.119 e. The second-order valence-electron chi connectivity index (χ2n) is 3.50. The van der Waals surface area contributed by atoms with Crippen molar-refractivity contribution >= 4 is 38.9 Å². The van der Waals surface area contributed by atoms with Crippen molar-refractivity contribution in [3.05, 3.63) is 50.6 Å². The molecule has 0 saturated heterocycles. The van der Waals surface area contributed by atoms with Crippen molar-refractivity contribution in [2.75, 3.05) is 6.61 Å². The van der Waals surface area contributed by atoms with E-state index in [1.165, 1.54) is 0 Å². The molecule has 0 aliphatic carbocycles. The first-order valence-electron chi connectivity index (χ1n) is 5.32. The van der Waals surface area contributed by atoms with Gasteiger partial charge in [0.15, 0.2) is 0 Å². The molecular formula is C13H12BrClOS. The van der Waals surface area contributed by atoms with E-state index in [-0.39, 0.29) is 5.38 Å². The Balaban J connectivity index is 2.20. The minimum Gasteiger partial charge on any atom is -0.494 e. The van der Waals surface area contributed by atoms with E-state index in [0.717, 1.165) is 20.7 Å². The predicted octanol–water partition coefficient (Wildman–Crippen LogP) is 5.24. The Morgan fingerprint density at radius 2 is 2.00 bits per heavy atom. The van der Waals surface area contributed by atoms with Gasteiger partial charge in [-0.3, -0.25) is 0 Å². The summed E-state index contributed by atoms with van der Waals surface area (Å²) in [6.45, 7) is 2.65. The lowest BCUT2D eigenvalue weighted by Crippen LogP contribution is -1.94. The molecule has 0 bridgehead atoms. The molecule has 0 fully saturated rings. The first-order chi connectivity index (χ1) is 8.22. The third-order valence-electron chi connectivity index (χ3n) is 2.36. The van der Waals surface area contributed by atoms with Crippen LogP contribution in [0.15, 0.2) is 40.2 Å². The number of ether oxygens (including phenoxy) is 1. The first-order valence-corrected chi connectivity index (χ1v) is 7.43. The summed E-state index contributed by atoms with van der Waals surface area (Å²) in [6, 6.07) is 9.94. The average molecular weight is 332 g/mol. The molecule has 90 valence electrons. The fourth-order valence-corrected chi connectivity index (χ4v) is 3.69. The van der Waals surface area contributed by atoms with Gasteiger partial charge in [-0.15, -0.1) is 22.9 Å². The zero-order valence-corrected chi connectivity index (χ0v) is 12.5. The zero-order chi connectivity index (χ0) is 12.3. The molecule has 1 aromatic carbocycles. The molecule has 2 aromatic rings. The largest absolute Gasteiger partial charge is 0.494 e. The highest BCUT2D eigenvalue weighted by atomic mass is 79.9. The molecule has 1 nitrogen and oxygen atoms in total. The van der Waals surface area contributed by atoms with E-state index in [1.54, 1.807) is 11.3 Å². The number of thiophene rings is 1. The molecule has 0 saturated carbocycles. The van der Waals surface area contributed by atoms with E-state index in [4.69, 9.17) is 16.3 Å². The van der Waals surface area contributed by atoms with Crippen molar-refractivity contribution in [2.45, 2.75) is 12.3 Å². The van der Waals surface area contributed by atoms with Crippen LogP contribution in [0, 0.1) is 0 Å². The average Bonchev–Trinajstić information content (AvgIpc) is 2.76. The van der Waals surface area contributed by atoms with Crippen LogP contribution in [-0.2, 0) is 0 Å². The fraction of sp³-hybridized carbons (Fsp3) is 0.231. The standard InChI is InChI=1S/C13H12BrClOS/c1-2-16-10-5-3-9(4-6-10)12(15)13-11(14)7-8-17-13/h3-8,12H,2H2,1H3. The van der Waals surface area contributed by atoms with Gasteiger partial charge in [0.2, 0.25) is 0 Å². The van der Waals surface area contributed by atoms with Crippen LogP contribution in [0.5, 0.6) is 5.75 Å². The van der Waals surface area contributed by atoms with Gasteiger partial charge in [-0.2, -0.15) is 0 Å². The summed E-state index contributed by atoms with van der Waals surface area (Å²) in [6.07, 6.45) is 0. The summed E-state index contributed by atoms with van der Waals surface area (Å²) in [4.78, 5) is 1.14. The molecule has 1 heterocycles. The molecule has 0 radical (unpaired) electrons. The summed E-state index contributed by atoms with van der Waals surface area (Å²) >= 11 is 11.6. The van der Waals surface area contributed by atoms with E-state index in [2.05, 4.69) is 15.9 Å². The Labute approximate surface area is 119 Å². The molecule has 1 unspecified atom stereocenters. The lowest BCUT2D eigenvalue weighted by Gasteiger charge is -2.10. The highest BCUT2D eigenvalue weighted by Gasteiger charge is 2.15. The summed E-state index contributed by atoms with van der Waals surface area (Å²) in [7, 11) is 0. The maximum atomic E-state index is 6.45. The number of hydrogen-bond donors (Lipinski definition) is 0. The van der Waals surface area contributed by atoms with Gasteiger partial charge in [0.25, 0.3) is 0 Å². The lowest BCUT2D eigenvalue weighted by molar-refractivity contribution is 0.340. The van der Waals surface area contributed by atoms with Crippen LogP contribution in [0.3, 0.4) is 0 Å². The Bertz CT molecular complexity index is 480. The SMILES string of the molecule is CCOc1ccc(C(Cl)c2sccc2Br)cc1.